The van der Waals surface area contributed by atoms with Crippen molar-refractivity contribution in [1.82, 2.24) is 4.90 Å². The zero-order chi connectivity index (χ0) is 18.4. The third-order valence-electron chi connectivity index (χ3n) is 3.76. The zero-order valence-corrected chi connectivity index (χ0v) is 15.9. The van der Waals surface area contributed by atoms with Gasteiger partial charge in [-0.15, -0.1) is 22.7 Å². The molecule has 2 aromatic heterocycles. The summed E-state index contributed by atoms with van der Waals surface area (Å²) in [6, 6.07) is 12.6. The SMILES string of the molecule is COc1ccc(/C=C/C(=O)N(Cc2cccs2)Cc2cccs2)cc1F. The van der Waals surface area contributed by atoms with Gasteiger partial charge in [0, 0.05) is 15.8 Å². The first kappa shape index (κ1) is 18.4. The second-order valence-corrected chi connectivity index (χ2v) is 7.64. The van der Waals surface area contributed by atoms with E-state index >= 15 is 0 Å². The second-order valence-electron chi connectivity index (χ2n) is 5.58. The van der Waals surface area contributed by atoms with E-state index in [9.17, 15) is 9.18 Å². The Morgan fingerprint density at radius 1 is 1.12 bits per heavy atom. The molecule has 1 amide bonds. The van der Waals surface area contributed by atoms with Gasteiger partial charge in [0.05, 0.1) is 20.2 Å². The fourth-order valence-electron chi connectivity index (χ4n) is 2.45. The van der Waals surface area contributed by atoms with Crippen molar-refractivity contribution >= 4 is 34.7 Å². The Hall–Kier alpha value is -2.44. The largest absolute Gasteiger partial charge is 0.494 e. The number of rotatable bonds is 7. The molecule has 0 atom stereocenters. The van der Waals surface area contributed by atoms with Crippen LogP contribution < -0.4 is 4.74 Å². The van der Waals surface area contributed by atoms with Crippen molar-refractivity contribution in [2.45, 2.75) is 13.1 Å². The van der Waals surface area contributed by atoms with E-state index in [1.54, 1.807) is 45.8 Å². The fraction of sp³-hybridized carbons (Fsp3) is 0.150. The van der Waals surface area contributed by atoms with Crippen LogP contribution in [0.25, 0.3) is 6.08 Å². The molecule has 0 bridgehead atoms. The molecule has 0 aliphatic rings. The average molecular weight is 388 g/mol. The number of hydrogen-bond acceptors (Lipinski definition) is 4. The van der Waals surface area contributed by atoms with E-state index in [4.69, 9.17) is 4.74 Å². The molecule has 0 aliphatic carbocycles. The molecule has 0 spiro atoms. The van der Waals surface area contributed by atoms with Crippen LogP contribution in [0.3, 0.4) is 0 Å². The summed E-state index contributed by atoms with van der Waals surface area (Å²) in [5.74, 6) is -0.371. The highest BCUT2D eigenvalue weighted by molar-refractivity contribution is 7.10. The molecule has 3 nitrogen and oxygen atoms in total. The minimum absolute atomic E-state index is 0.108. The van der Waals surface area contributed by atoms with Crippen LogP contribution in [0, 0.1) is 5.82 Å². The van der Waals surface area contributed by atoms with Gasteiger partial charge in [-0.1, -0.05) is 18.2 Å². The van der Waals surface area contributed by atoms with Crippen molar-refractivity contribution in [3.63, 3.8) is 0 Å². The first-order valence-electron chi connectivity index (χ1n) is 8.01. The normalized spacial score (nSPS) is 11.0. The predicted molar refractivity (Wildman–Crippen MR) is 105 cm³/mol. The van der Waals surface area contributed by atoms with E-state index in [0.717, 1.165) is 9.75 Å². The molecular weight excluding hydrogens is 369 g/mol. The van der Waals surface area contributed by atoms with Gasteiger partial charge in [0.25, 0.3) is 0 Å². The molecule has 0 fully saturated rings. The van der Waals surface area contributed by atoms with Gasteiger partial charge in [0.2, 0.25) is 5.91 Å². The molecule has 0 aliphatic heterocycles. The molecule has 26 heavy (non-hydrogen) atoms. The molecule has 3 rings (SSSR count). The van der Waals surface area contributed by atoms with E-state index in [2.05, 4.69) is 0 Å². The van der Waals surface area contributed by atoms with Gasteiger partial charge in [-0.3, -0.25) is 4.79 Å². The van der Waals surface area contributed by atoms with Crippen molar-refractivity contribution in [3.8, 4) is 5.75 Å². The van der Waals surface area contributed by atoms with Crippen LogP contribution in [0.15, 0.2) is 59.3 Å². The van der Waals surface area contributed by atoms with Crippen LogP contribution in [0.2, 0.25) is 0 Å². The highest BCUT2D eigenvalue weighted by Gasteiger charge is 2.13. The van der Waals surface area contributed by atoms with Crippen LogP contribution in [0.4, 0.5) is 4.39 Å². The van der Waals surface area contributed by atoms with Crippen molar-refractivity contribution < 1.29 is 13.9 Å². The second kappa shape index (κ2) is 8.78. The van der Waals surface area contributed by atoms with Crippen LogP contribution in [0.5, 0.6) is 5.75 Å². The number of carbonyl (C=O) groups is 1. The summed E-state index contributed by atoms with van der Waals surface area (Å²) in [6.07, 6.45) is 3.11. The molecule has 0 saturated carbocycles. The van der Waals surface area contributed by atoms with Crippen LogP contribution in [-0.4, -0.2) is 17.9 Å². The Balaban J connectivity index is 1.74. The van der Waals surface area contributed by atoms with Crippen LogP contribution >= 0.6 is 22.7 Å². The molecule has 0 N–H and O–H groups in total. The van der Waals surface area contributed by atoms with Gasteiger partial charge in [0.1, 0.15) is 0 Å². The third kappa shape index (κ3) is 4.80. The fourth-order valence-corrected chi connectivity index (χ4v) is 3.89. The number of ether oxygens (including phenoxy) is 1. The van der Waals surface area contributed by atoms with Crippen molar-refractivity contribution in [2.24, 2.45) is 0 Å². The lowest BCUT2D eigenvalue weighted by molar-refractivity contribution is -0.127. The molecule has 0 radical (unpaired) electrons. The minimum atomic E-state index is -0.448. The van der Waals surface area contributed by atoms with Gasteiger partial charge < -0.3 is 9.64 Å². The molecule has 2 heterocycles. The summed E-state index contributed by atoms with van der Waals surface area (Å²) < 4.78 is 18.7. The van der Waals surface area contributed by atoms with E-state index in [0.29, 0.717) is 18.7 Å². The quantitative estimate of drug-likeness (QED) is 0.522. The Kier molecular flexibility index (Phi) is 6.20. The lowest BCUT2D eigenvalue weighted by Gasteiger charge is -2.20. The summed E-state index contributed by atoms with van der Waals surface area (Å²) in [5, 5.41) is 4.00. The molecule has 1 aromatic carbocycles. The zero-order valence-electron chi connectivity index (χ0n) is 14.2. The number of thiophene rings is 2. The first-order chi connectivity index (χ1) is 12.7. The first-order valence-corrected chi connectivity index (χ1v) is 9.77. The predicted octanol–water partition coefficient (Wildman–Crippen LogP) is 5.20. The highest BCUT2D eigenvalue weighted by Crippen LogP contribution is 2.20. The van der Waals surface area contributed by atoms with E-state index < -0.39 is 5.82 Å². The van der Waals surface area contributed by atoms with E-state index in [1.165, 1.54) is 19.3 Å². The van der Waals surface area contributed by atoms with Crippen LogP contribution in [0.1, 0.15) is 15.3 Å². The lowest BCUT2D eigenvalue weighted by Crippen LogP contribution is -2.27. The molecule has 3 aromatic rings. The lowest BCUT2D eigenvalue weighted by atomic mass is 10.2. The number of benzene rings is 1. The summed E-state index contributed by atoms with van der Waals surface area (Å²) in [5.41, 5.74) is 0.615. The van der Waals surface area contributed by atoms with Gasteiger partial charge in [0.15, 0.2) is 11.6 Å². The maximum absolute atomic E-state index is 13.8. The maximum Gasteiger partial charge on any atom is 0.247 e. The Labute approximate surface area is 160 Å². The average Bonchev–Trinajstić information content (AvgIpc) is 3.33. The number of amides is 1. The number of hydrogen-bond donors (Lipinski definition) is 0. The van der Waals surface area contributed by atoms with Gasteiger partial charge in [-0.05, 0) is 46.7 Å². The summed E-state index contributed by atoms with van der Waals surface area (Å²) in [4.78, 5) is 16.7. The number of nitrogens with zero attached hydrogens (tertiary/aromatic N) is 1. The third-order valence-corrected chi connectivity index (χ3v) is 5.48. The maximum atomic E-state index is 13.8. The molecule has 6 heteroatoms. The van der Waals surface area contributed by atoms with E-state index in [-0.39, 0.29) is 11.7 Å². The van der Waals surface area contributed by atoms with Crippen LogP contribution in [-0.2, 0) is 17.9 Å². The standard InChI is InChI=1S/C20H18FNO2S2/c1-24-19-8-6-15(12-18(19)21)7-9-20(23)22(13-16-4-2-10-25-16)14-17-5-3-11-26-17/h2-12H,13-14H2,1H3/b9-7+. The van der Waals surface area contributed by atoms with Gasteiger partial charge in [-0.2, -0.15) is 0 Å². The van der Waals surface area contributed by atoms with Gasteiger partial charge in [-0.25, -0.2) is 4.39 Å². The number of methoxy groups -OCH3 is 1. The Bertz CT molecular complexity index is 837. The molecule has 0 unspecified atom stereocenters. The Morgan fingerprint density at radius 3 is 2.27 bits per heavy atom. The number of carbonyl (C=O) groups excluding carboxylic acids is 1. The molecule has 134 valence electrons. The highest BCUT2D eigenvalue weighted by atomic mass is 32.1. The van der Waals surface area contributed by atoms with E-state index in [1.807, 2.05) is 35.0 Å². The number of halogens is 1. The topological polar surface area (TPSA) is 29.5 Å². The molecule has 0 saturated heterocycles. The molecular formula is C20H18FNO2S2. The van der Waals surface area contributed by atoms with Crippen molar-refractivity contribution in [1.29, 1.82) is 0 Å². The summed E-state index contributed by atoms with van der Waals surface area (Å²) in [7, 11) is 1.42. The van der Waals surface area contributed by atoms with Crippen molar-refractivity contribution in [2.75, 3.05) is 7.11 Å². The smallest absolute Gasteiger partial charge is 0.247 e. The monoisotopic (exact) mass is 387 g/mol. The van der Waals surface area contributed by atoms with Gasteiger partial charge >= 0.3 is 0 Å². The van der Waals surface area contributed by atoms with Crippen molar-refractivity contribution in [3.05, 3.63) is 80.4 Å². The Morgan fingerprint density at radius 2 is 1.77 bits per heavy atom. The summed E-state index contributed by atoms with van der Waals surface area (Å²) >= 11 is 3.25. The minimum Gasteiger partial charge on any atom is -0.494 e. The summed E-state index contributed by atoms with van der Waals surface area (Å²) in [6.45, 7) is 1.10.